The number of likely N-dealkylation sites (tertiary alicyclic amines) is 1. The van der Waals surface area contributed by atoms with E-state index in [1.807, 2.05) is 11.8 Å². The lowest BCUT2D eigenvalue weighted by Gasteiger charge is -2.27. The van der Waals surface area contributed by atoms with Crippen LogP contribution >= 0.6 is 0 Å². The van der Waals surface area contributed by atoms with E-state index in [1.165, 1.54) is 12.1 Å². The topological polar surface area (TPSA) is 160 Å². The molecule has 0 aromatic heterocycles. The first-order valence-corrected chi connectivity index (χ1v) is 13.4. The van der Waals surface area contributed by atoms with Gasteiger partial charge in [0, 0.05) is 42.6 Å². The molecular formula is C28H37FN4O7. The maximum atomic E-state index is 13.8. The number of aliphatic carboxylic acids is 2. The predicted molar refractivity (Wildman–Crippen MR) is 146 cm³/mol. The van der Waals surface area contributed by atoms with E-state index in [-0.39, 0.29) is 29.6 Å². The number of likely N-dealkylation sites (N-methyl/N-ethyl adjacent to an activating group) is 1. The number of halogens is 1. The van der Waals surface area contributed by atoms with Crippen molar-refractivity contribution < 1.29 is 38.9 Å². The Bertz CT molecular complexity index is 1210. The standard InChI is InChI=1S/C24H31FN4O2.C4H6O5/c1-4-28(5-2)11-12-29-10-6-7-20-22(24(29)31)15(3)21(26-20)14-18-17-13-16(25)8-9-19(17)27-23(18)30;5-2(4(8)9)1-3(6)7/h8-9,13-14,20,22,26H,4-7,10-12H2,1-3H3,(H,27,30);2,5H,1H2,(H,6,7)(H,8,9)/b18-14-;. The molecule has 1 fully saturated rings. The summed E-state index contributed by atoms with van der Waals surface area (Å²) in [4.78, 5) is 49.6. The molecule has 0 bridgehead atoms. The van der Waals surface area contributed by atoms with Gasteiger partial charge in [0.25, 0.3) is 5.91 Å². The molecule has 0 radical (unpaired) electrons. The van der Waals surface area contributed by atoms with Crippen LogP contribution in [0.2, 0.25) is 0 Å². The number of anilines is 1. The van der Waals surface area contributed by atoms with Crippen molar-refractivity contribution in [2.45, 2.75) is 52.2 Å². The van der Waals surface area contributed by atoms with Gasteiger partial charge in [-0.15, -0.1) is 0 Å². The van der Waals surface area contributed by atoms with Crippen molar-refractivity contribution in [3.8, 4) is 0 Å². The maximum absolute atomic E-state index is 13.8. The molecule has 12 heteroatoms. The fraction of sp³-hybridized carbons (Fsp3) is 0.500. The van der Waals surface area contributed by atoms with Gasteiger partial charge >= 0.3 is 11.9 Å². The van der Waals surface area contributed by atoms with Gasteiger partial charge in [-0.25, -0.2) is 9.18 Å². The molecule has 3 unspecified atom stereocenters. The second-order valence-corrected chi connectivity index (χ2v) is 9.97. The highest BCUT2D eigenvalue weighted by Gasteiger charge is 2.41. The van der Waals surface area contributed by atoms with Crippen molar-refractivity contribution >= 4 is 35.0 Å². The van der Waals surface area contributed by atoms with E-state index in [1.54, 1.807) is 12.1 Å². The number of hydrogen-bond donors (Lipinski definition) is 5. The molecule has 1 saturated heterocycles. The smallest absolute Gasteiger partial charge is 0.333 e. The zero-order valence-electron chi connectivity index (χ0n) is 22.9. The van der Waals surface area contributed by atoms with Crippen LogP contribution < -0.4 is 10.6 Å². The summed E-state index contributed by atoms with van der Waals surface area (Å²) in [5.41, 5.74) is 3.36. The van der Waals surface area contributed by atoms with Gasteiger partial charge in [-0.05, 0) is 62.7 Å². The van der Waals surface area contributed by atoms with Crippen LogP contribution in [0, 0.1) is 11.7 Å². The van der Waals surface area contributed by atoms with Crippen LogP contribution in [-0.2, 0) is 19.2 Å². The fourth-order valence-corrected chi connectivity index (χ4v) is 5.15. The van der Waals surface area contributed by atoms with Crippen molar-refractivity contribution in [2.24, 2.45) is 5.92 Å². The molecule has 3 aliphatic heterocycles. The summed E-state index contributed by atoms with van der Waals surface area (Å²) in [6.45, 7) is 10.6. The molecule has 2 amide bonds. The number of carbonyl (C=O) groups excluding carboxylic acids is 2. The lowest BCUT2D eigenvalue weighted by Crippen LogP contribution is -2.43. The van der Waals surface area contributed by atoms with Crippen LogP contribution in [0.1, 0.15) is 45.6 Å². The summed E-state index contributed by atoms with van der Waals surface area (Å²) in [6.07, 6.45) is 1.08. The van der Waals surface area contributed by atoms with Crippen LogP contribution in [0.4, 0.5) is 10.1 Å². The molecule has 5 N–H and O–H groups in total. The molecule has 4 rings (SSSR count). The summed E-state index contributed by atoms with van der Waals surface area (Å²) >= 11 is 0. The fourth-order valence-electron chi connectivity index (χ4n) is 5.15. The normalized spacial score (nSPS) is 21.8. The minimum atomic E-state index is -1.79. The number of aliphatic hydroxyl groups is 1. The number of benzene rings is 1. The average molecular weight is 561 g/mol. The van der Waals surface area contributed by atoms with E-state index in [2.05, 4.69) is 29.4 Å². The van der Waals surface area contributed by atoms with E-state index in [0.717, 1.165) is 56.8 Å². The Morgan fingerprint density at radius 1 is 1.23 bits per heavy atom. The Morgan fingerprint density at radius 2 is 1.93 bits per heavy atom. The predicted octanol–water partition coefficient (Wildman–Crippen LogP) is 1.89. The molecule has 0 spiro atoms. The Kier molecular flexibility index (Phi) is 10.4. The third-order valence-corrected chi connectivity index (χ3v) is 7.44. The largest absolute Gasteiger partial charge is 0.481 e. The van der Waals surface area contributed by atoms with Crippen molar-refractivity contribution in [1.29, 1.82) is 0 Å². The Balaban J connectivity index is 0.000000424. The highest BCUT2D eigenvalue weighted by atomic mass is 19.1. The number of nitrogens with one attached hydrogen (secondary N) is 2. The number of hydrogen-bond acceptors (Lipinski definition) is 7. The molecule has 1 aromatic carbocycles. The minimum Gasteiger partial charge on any atom is -0.481 e. The van der Waals surface area contributed by atoms with Crippen LogP contribution in [0.25, 0.3) is 5.57 Å². The van der Waals surface area contributed by atoms with Crippen LogP contribution in [0.15, 0.2) is 35.5 Å². The first kappa shape index (κ1) is 30.8. The number of fused-ring (bicyclic) bond motifs is 2. The minimum absolute atomic E-state index is 0.0363. The average Bonchev–Trinajstić information content (AvgIpc) is 3.31. The Morgan fingerprint density at radius 3 is 2.52 bits per heavy atom. The summed E-state index contributed by atoms with van der Waals surface area (Å²) in [5.74, 6) is -3.53. The molecule has 0 saturated carbocycles. The number of carboxylic acids is 2. The van der Waals surface area contributed by atoms with E-state index in [9.17, 15) is 23.6 Å². The van der Waals surface area contributed by atoms with Gasteiger partial charge in [0.2, 0.25) is 5.91 Å². The molecule has 218 valence electrons. The van der Waals surface area contributed by atoms with Gasteiger partial charge < -0.3 is 35.8 Å². The summed E-state index contributed by atoms with van der Waals surface area (Å²) in [7, 11) is 0. The number of rotatable bonds is 9. The highest BCUT2D eigenvalue weighted by molar-refractivity contribution is 6.31. The van der Waals surface area contributed by atoms with Gasteiger partial charge in [0.05, 0.1) is 17.9 Å². The van der Waals surface area contributed by atoms with Gasteiger partial charge in [0.1, 0.15) is 5.82 Å². The monoisotopic (exact) mass is 560 g/mol. The second kappa shape index (κ2) is 13.5. The van der Waals surface area contributed by atoms with Crippen LogP contribution in [0.3, 0.4) is 0 Å². The lowest BCUT2D eigenvalue weighted by molar-refractivity contribution is -0.152. The molecule has 0 aliphatic carbocycles. The van der Waals surface area contributed by atoms with Crippen molar-refractivity contribution in [3.05, 3.63) is 46.9 Å². The number of carboxylic acid groups (broad SMARTS) is 2. The van der Waals surface area contributed by atoms with Gasteiger partial charge in [-0.2, -0.15) is 0 Å². The van der Waals surface area contributed by atoms with E-state index < -0.39 is 24.5 Å². The Hall–Kier alpha value is -3.77. The quantitative estimate of drug-likeness (QED) is 0.284. The van der Waals surface area contributed by atoms with Crippen LogP contribution in [-0.4, -0.2) is 93.7 Å². The first-order valence-electron chi connectivity index (χ1n) is 13.4. The zero-order valence-corrected chi connectivity index (χ0v) is 22.9. The number of carbonyl (C=O) groups is 4. The molecule has 40 heavy (non-hydrogen) atoms. The van der Waals surface area contributed by atoms with E-state index in [0.29, 0.717) is 16.8 Å². The van der Waals surface area contributed by atoms with Gasteiger partial charge in [0.15, 0.2) is 6.10 Å². The molecular weight excluding hydrogens is 523 g/mol. The van der Waals surface area contributed by atoms with Crippen molar-refractivity contribution in [1.82, 2.24) is 15.1 Å². The third-order valence-electron chi connectivity index (χ3n) is 7.44. The summed E-state index contributed by atoms with van der Waals surface area (Å²) in [6, 6.07) is 4.33. The third kappa shape index (κ3) is 7.24. The SMILES string of the molecule is CCN(CC)CCN1CCCC2NC(/C=C3\C(=O)Nc4ccc(F)cc43)=C(C)C2C1=O.O=C(O)CC(O)C(=O)O. The maximum Gasteiger partial charge on any atom is 0.333 e. The number of nitrogens with zero attached hydrogens (tertiary/aromatic N) is 2. The molecule has 3 heterocycles. The second-order valence-electron chi connectivity index (χ2n) is 9.97. The molecule has 11 nitrogen and oxygen atoms in total. The summed E-state index contributed by atoms with van der Waals surface area (Å²) in [5, 5.41) is 30.4. The van der Waals surface area contributed by atoms with Gasteiger partial charge in [-0.1, -0.05) is 13.8 Å². The summed E-state index contributed by atoms with van der Waals surface area (Å²) < 4.78 is 13.8. The first-order chi connectivity index (χ1) is 19.0. The molecule has 1 aromatic rings. The number of aliphatic hydroxyl groups excluding tert-OH is 1. The highest BCUT2D eigenvalue weighted by Crippen LogP contribution is 2.37. The zero-order chi connectivity index (χ0) is 29.6. The van der Waals surface area contributed by atoms with Crippen molar-refractivity contribution in [3.63, 3.8) is 0 Å². The molecule has 3 aliphatic rings. The van der Waals surface area contributed by atoms with Gasteiger partial charge in [-0.3, -0.25) is 14.4 Å². The number of amides is 2. The van der Waals surface area contributed by atoms with E-state index in [4.69, 9.17) is 15.3 Å². The Labute approximate surface area is 232 Å². The molecule has 3 atom stereocenters. The lowest BCUT2D eigenvalue weighted by atomic mass is 9.92. The van der Waals surface area contributed by atoms with Crippen LogP contribution in [0.5, 0.6) is 0 Å². The van der Waals surface area contributed by atoms with Crippen molar-refractivity contribution in [2.75, 3.05) is 38.0 Å². The number of allylic oxidation sites excluding steroid dienone is 1. The van der Waals surface area contributed by atoms with E-state index >= 15 is 0 Å².